The van der Waals surface area contributed by atoms with Crippen LogP contribution in [0.5, 0.6) is 11.5 Å². The summed E-state index contributed by atoms with van der Waals surface area (Å²) < 4.78 is 16.0. The Hall–Kier alpha value is -2.53. The third-order valence-electron chi connectivity index (χ3n) is 4.40. The number of aliphatic hydroxyl groups excluding tert-OH is 1. The summed E-state index contributed by atoms with van der Waals surface area (Å²) in [6.45, 7) is 6.04. The fraction of sp³-hybridized carbons (Fsp3) is 0.435. The first-order valence-electron chi connectivity index (χ1n) is 9.60. The molecule has 0 aromatic heterocycles. The molecule has 0 radical (unpaired) electrons. The van der Waals surface area contributed by atoms with Crippen LogP contribution in [0.3, 0.4) is 0 Å². The fourth-order valence-corrected chi connectivity index (χ4v) is 2.83. The van der Waals surface area contributed by atoms with Crippen LogP contribution in [-0.2, 0) is 16.0 Å². The molecular formula is C23H30O5. The molecule has 0 aliphatic carbocycles. The number of esters is 1. The molecule has 1 N–H and O–H groups in total. The van der Waals surface area contributed by atoms with Crippen molar-refractivity contribution in [2.45, 2.75) is 39.2 Å². The van der Waals surface area contributed by atoms with Crippen LogP contribution in [0.1, 0.15) is 37.8 Å². The lowest BCUT2D eigenvalue weighted by atomic mass is 9.97. The predicted octanol–water partition coefficient (Wildman–Crippen LogP) is 3.98. The lowest BCUT2D eigenvalue weighted by molar-refractivity contribution is -0.148. The molecule has 0 spiro atoms. The van der Waals surface area contributed by atoms with Gasteiger partial charge in [0.05, 0.1) is 13.0 Å². The van der Waals surface area contributed by atoms with E-state index in [2.05, 4.69) is 26.0 Å². The van der Waals surface area contributed by atoms with E-state index in [9.17, 15) is 9.90 Å². The zero-order chi connectivity index (χ0) is 20.5. The van der Waals surface area contributed by atoms with Gasteiger partial charge in [-0.1, -0.05) is 50.2 Å². The maximum atomic E-state index is 12.3. The lowest BCUT2D eigenvalue weighted by Crippen LogP contribution is -2.26. The molecule has 2 atom stereocenters. The summed E-state index contributed by atoms with van der Waals surface area (Å²) in [4.78, 5) is 12.3. The maximum Gasteiger partial charge on any atom is 0.313 e. The number of aliphatic hydroxyl groups is 1. The van der Waals surface area contributed by atoms with Crippen LogP contribution >= 0.6 is 0 Å². The van der Waals surface area contributed by atoms with Gasteiger partial charge < -0.3 is 19.3 Å². The van der Waals surface area contributed by atoms with E-state index >= 15 is 0 Å². The Labute approximate surface area is 167 Å². The number of para-hydroxylation sites is 2. The second kappa shape index (κ2) is 10.7. The van der Waals surface area contributed by atoms with Crippen LogP contribution < -0.4 is 9.47 Å². The average Bonchev–Trinajstić information content (AvgIpc) is 2.70. The molecule has 0 saturated heterocycles. The van der Waals surface area contributed by atoms with Crippen molar-refractivity contribution in [3.8, 4) is 11.5 Å². The summed E-state index contributed by atoms with van der Waals surface area (Å²) in [5.74, 6) is 0.947. The molecule has 0 saturated carbocycles. The van der Waals surface area contributed by atoms with Crippen LogP contribution in [-0.4, -0.2) is 37.5 Å². The van der Waals surface area contributed by atoms with Gasteiger partial charge in [0.1, 0.15) is 19.3 Å². The molecule has 5 nitrogen and oxygen atoms in total. The van der Waals surface area contributed by atoms with E-state index in [0.29, 0.717) is 17.4 Å². The molecule has 0 aliphatic rings. The van der Waals surface area contributed by atoms with Crippen molar-refractivity contribution in [1.82, 2.24) is 0 Å². The normalized spacial score (nSPS) is 13.1. The molecule has 2 aromatic rings. The van der Waals surface area contributed by atoms with Gasteiger partial charge in [0, 0.05) is 0 Å². The van der Waals surface area contributed by atoms with Crippen molar-refractivity contribution in [3.63, 3.8) is 0 Å². The molecule has 5 heteroatoms. The van der Waals surface area contributed by atoms with Gasteiger partial charge in [-0.2, -0.15) is 0 Å². The highest BCUT2D eigenvalue weighted by molar-refractivity contribution is 5.77. The van der Waals surface area contributed by atoms with Crippen LogP contribution in [0.25, 0.3) is 0 Å². The largest absolute Gasteiger partial charge is 0.493 e. The minimum Gasteiger partial charge on any atom is -0.493 e. The molecule has 152 valence electrons. The number of benzene rings is 2. The van der Waals surface area contributed by atoms with Gasteiger partial charge in [0.2, 0.25) is 0 Å². The first-order valence-corrected chi connectivity index (χ1v) is 9.60. The van der Waals surface area contributed by atoms with Gasteiger partial charge >= 0.3 is 5.97 Å². The van der Waals surface area contributed by atoms with E-state index in [-0.39, 0.29) is 19.2 Å². The summed E-state index contributed by atoms with van der Waals surface area (Å²) in [6, 6.07) is 15.2. The minimum atomic E-state index is -0.922. The monoisotopic (exact) mass is 386 g/mol. The smallest absolute Gasteiger partial charge is 0.313 e. The first kappa shape index (κ1) is 21.8. The Bertz CT molecular complexity index is 739. The molecule has 0 heterocycles. The molecule has 2 unspecified atom stereocenters. The zero-order valence-electron chi connectivity index (χ0n) is 17.1. The number of carbonyl (C=O) groups is 1. The van der Waals surface area contributed by atoms with E-state index in [1.165, 1.54) is 5.56 Å². The Morgan fingerprint density at radius 2 is 1.61 bits per heavy atom. The van der Waals surface area contributed by atoms with E-state index in [4.69, 9.17) is 14.2 Å². The summed E-state index contributed by atoms with van der Waals surface area (Å²) in [7, 11) is 1.55. The van der Waals surface area contributed by atoms with Crippen LogP contribution in [0.15, 0.2) is 48.5 Å². The third-order valence-corrected chi connectivity index (χ3v) is 4.40. The SMILES string of the molecule is COc1ccccc1OCC(O)COC(=O)C(C)c1ccc(CC(C)C)cc1. The van der Waals surface area contributed by atoms with Gasteiger partial charge in [0.15, 0.2) is 11.5 Å². The highest BCUT2D eigenvalue weighted by Gasteiger charge is 2.19. The van der Waals surface area contributed by atoms with Crippen molar-refractivity contribution < 1.29 is 24.1 Å². The molecule has 2 aromatic carbocycles. The standard InChI is InChI=1S/C23H30O5/c1-16(2)13-18-9-11-19(12-10-18)17(3)23(25)28-15-20(24)14-27-22-8-6-5-7-21(22)26-4/h5-12,16-17,20,24H,13-15H2,1-4H3. The van der Waals surface area contributed by atoms with Gasteiger partial charge in [-0.05, 0) is 42.5 Å². The molecule has 0 amide bonds. The van der Waals surface area contributed by atoms with E-state index in [1.54, 1.807) is 26.2 Å². The second-order valence-corrected chi connectivity index (χ2v) is 7.31. The zero-order valence-corrected chi connectivity index (χ0v) is 17.1. The van der Waals surface area contributed by atoms with Gasteiger partial charge in [-0.25, -0.2) is 0 Å². The van der Waals surface area contributed by atoms with Gasteiger partial charge in [-0.3, -0.25) is 4.79 Å². The summed E-state index contributed by atoms with van der Waals surface area (Å²) in [6.07, 6.45) is 0.0896. The number of hydrogen-bond acceptors (Lipinski definition) is 5. The Morgan fingerprint density at radius 1 is 0.964 bits per heavy atom. The maximum absolute atomic E-state index is 12.3. The molecular weight excluding hydrogens is 356 g/mol. The quantitative estimate of drug-likeness (QED) is 0.626. The lowest BCUT2D eigenvalue weighted by Gasteiger charge is -2.16. The summed E-state index contributed by atoms with van der Waals surface area (Å²) in [5, 5.41) is 10.1. The number of methoxy groups -OCH3 is 1. The van der Waals surface area contributed by atoms with Crippen LogP contribution in [0.4, 0.5) is 0 Å². The fourth-order valence-electron chi connectivity index (χ4n) is 2.83. The van der Waals surface area contributed by atoms with E-state index in [1.807, 2.05) is 24.3 Å². The van der Waals surface area contributed by atoms with Crippen LogP contribution in [0.2, 0.25) is 0 Å². The Morgan fingerprint density at radius 3 is 2.21 bits per heavy atom. The second-order valence-electron chi connectivity index (χ2n) is 7.31. The minimum absolute atomic E-state index is 0.00589. The van der Waals surface area contributed by atoms with Gasteiger partial charge in [-0.15, -0.1) is 0 Å². The predicted molar refractivity (Wildman–Crippen MR) is 109 cm³/mol. The first-order chi connectivity index (χ1) is 13.4. The molecule has 0 bridgehead atoms. The molecule has 0 fully saturated rings. The number of rotatable bonds is 10. The highest BCUT2D eigenvalue weighted by Crippen LogP contribution is 2.26. The van der Waals surface area contributed by atoms with E-state index in [0.717, 1.165) is 12.0 Å². The van der Waals surface area contributed by atoms with Crippen molar-refractivity contribution in [1.29, 1.82) is 0 Å². The molecule has 2 rings (SSSR count). The molecule has 0 aliphatic heterocycles. The Kier molecular flexibility index (Phi) is 8.33. The number of ether oxygens (including phenoxy) is 3. The van der Waals surface area contributed by atoms with Gasteiger partial charge in [0.25, 0.3) is 0 Å². The van der Waals surface area contributed by atoms with Crippen molar-refractivity contribution >= 4 is 5.97 Å². The van der Waals surface area contributed by atoms with E-state index < -0.39 is 12.0 Å². The summed E-state index contributed by atoms with van der Waals surface area (Å²) in [5.41, 5.74) is 2.15. The number of carbonyl (C=O) groups excluding carboxylic acids is 1. The van der Waals surface area contributed by atoms with Crippen molar-refractivity contribution in [2.75, 3.05) is 20.3 Å². The summed E-state index contributed by atoms with van der Waals surface area (Å²) >= 11 is 0. The third kappa shape index (κ3) is 6.57. The van der Waals surface area contributed by atoms with Crippen molar-refractivity contribution in [2.24, 2.45) is 5.92 Å². The Balaban J connectivity index is 1.80. The number of hydrogen-bond donors (Lipinski definition) is 1. The molecule has 28 heavy (non-hydrogen) atoms. The topological polar surface area (TPSA) is 65.0 Å². The highest BCUT2D eigenvalue weighted by atomic mass is 16.6. The van der Waals surface area contributed by atoms with Crippen LogP contribution in [0, 0.1) is 5.92 Å². The van der Waals surface area contributed by atoms with Crippen molar-refractivity contribution in [3.05, 3.63) is 59.7 Å². The average molecular weight is 386 g/mol.